The standard InChI is InChI=1S/C16H27NO3/c1-16(2,3)20-15(19)17-10-9-13(11-17)14(18)12-7-5-4-6-8-12/h7,13-14,18H,4-6,8-11H2,1-3H3. The van der Waals surface area contributed by atoms with Gasteiger partial charge in [0.05, 0.1) is 6.10 Å². The van der Waals surface area contributed by atoms with Gasteiger partial charge in [0, 0.05) is 19.0 Å². The second-order valence-corrected chi connectivity index (χ2v) is 6.94. The van der Waals surface area contributed by atoms with E-state index in [9.17, 15) is 9.90 Å². The third-order valence-electron chi connectivity index (χ3n) is 4.03. The lowest BCUT2D eigenvalue weighted by molar-refractivity contribution is 0.0275. The first-order valence-corrected chi connectivity index (χ1v) is 7.72. The maximum Gasteiger partial charge on any atom is 0.410 e. The highest BCUT2D eigenvalue weighted by Gasteiger charge is 2.34. The van der Waals surface area contributed by atoms with Crippen molar-refractivity contribution in [2.24, 2.45) is 5.92 Å². The van der Waals surface area contributed by atoms with Crippen LogP contribution in [0.5, 0.6) is 0 Å². The second-order valence-electron chi connectivity index (χ2n) is 6.94. The predicted molar refractivity (Wildman–Crippen MR) is 78.5 cm³/mol. The van der Waals surface area contributed by atoms with E-state index in [0.717, 1.165) is 19.3 Å². The highest BCUT2D eigenvalue weighted by atomic mass is 16.6. The van der Waals surface area contributed by atoms with E-state index in [1.807, 2.05) is 20.8 Å². The van der Waals surface area contributed by atoms with Gasteiger partial charge < -0.3 is 14.7 Å². The molecule has 20 heavy (non-hydrogen) atoms. The van der Waals surface area contributed by atoms with Crippen molar-refractivity contribution in [2.75, 3.05) is 13.1 Å². The zero-order valence-electron chi connectivity index (χ0n) is 12.9. The van der Waals surface area contributed by atoms with Crippen molar-refractivity contribution in [3.8, 4) is 0 Å². The Bertz CT molecular complexity index is 384. The zero-order chi connectivity index (χ0) is 14.8. The van der Waals surface area contributed by atoms with Crippen LogP contribution in [0.3, 0.4) is 0 Å². The van der Waals surface area contributed by atoms with Gasteiger partial charge in [-0.05, 0) is 58.4 Å². The summed E-state index contributed by atoms with van der Waals surface area (Å²) in [4.78, 5) is 13.7. The van der Waals surface area contributed by atoms with Gasteiger partial charge in [0.1, 0.15) is 5.60 Å². The number of carbonyl (C=O) groups is 1. The number of nitrogens with zero attached hydrogens (tertiary/aromatic N) is 1. The van der Waals surface area contributed by atoms with E-state index < -0.39 is 5.60 Å². The summed E-state index contributed by atoms with van der Waals surface area (Å²) in [5.41, 5.74) is 0.715. The first-order chi connectivity index (χ1) is 9.37. The van der Waals surface area contributed by atoms with E-state index in [0.29, 0.717) is 13.1 Å². The van der Waals surface area contributed by atoms with E-state index >= 15 is 0 Å². The van der Waals surface area contributed by atoms with E-state index in [-0.39, 0.29) is 18.1 Å². The summed E-state index contributed by atoms with van der Waals surface area (Å²) >= 11 is 0. The molecule has 0 saturated carbocycles. The molecule has 0 aromatic rings. The summed E-state index contributed by atoms with van der Waals surface area (Å²) < 4.78 is 5.39. The summed E-state index contributed by atoms with van der Waals surface area (Å²) in [6, 6.07) is 0. The maximum absolute atomic E-state index is 12.0. The Morgan fingerprint density at radius 3 is 2.80 bits per heavy atom. The molecular formula is C16H27NO3. The average molecular weight is 281 g/mol. The summed E-state index contributed by atoms with van der Waals surface area (Å²) in [7, 11) is 0. The molecule has 2 atom stereocenters. The van der Waals surface area contributed by atoms with Gasteiger partial charge in [-0.25, -0.2) is 4.79 Å². The molecule has 0 aromatic heterocycles. The van der Waals surface area contributed by atoms with Gasteiger partial charge in [0.25, 0.3) is 0 Å². The lowest BCUT2D eigenvalue weighted by Crippen LogP contribution is -2.36. The topological polar surface area (TPSA) is 49.8 Å². The van der Waals surface area contributed by atoms with Gasteiger partial charge in [-0.2, -0.15) is 0 Å². The number of rotatable bonds is 2. The fourth-order valence-corrected chi connectivity index (χ4v) is 2.97. The van der Waals surface area contributed by atoms with Crippen molar-refractivity contribution in [1.29, 1.82) is 0 Å². The fraction of sp³-hybridized carbons (Fsp3) is 0.812. The summed E-state index contributed by atoms with van der Waals surface area (Å²) in [6.45, 7) is 6.91. The van der Waals surface area contributed by atoms with E-state index in [2.05, 4.69) is 6.08 Å². The Kier molecular flexibility index (Phi) is 4.74. The molecule has 0 aromatic carbocycles. The van der Waals surface area contributed by atoms with Crippen LogP contribution in [0.4, 0.5) is 4.79 Å². The summed E-state index contributed by atoms with van der Waals surface area (Å²) in [5, 5.41) is 10.5. The summed E-state index contributed by atoms with van der Waals surface area (Å²) in [5.74, 6) is 0.159. The van der Waals surface area contributed by atoms with Crippen LogP contribution in [0.1, 0.15) is 52.9 Å². The predicted octanol–water partition coefficient (Wildman–Crippen LogP) is 3.10. The van der Waals surface area contributed by atoms with Crippen molar-refractivity contribution in [2.45, 2.75) is 64.6 Å². The molecule has 114 valence electrons. The van der Waals surface area contributed by atoms with Crippen LogP contribution in [0.25, 0.3) is 0 Å². The quantitative estimate of drug-likeness (QED) is 0.791. The number of ether oxygens (including phenoxy) is 1. The molecule has 4 heteroatoms. The first-order valence-electron chi connectivity index (χ1n) is 7.72. The molecule has 2 aliphatic rings. The van der Waals surface area contributed by atoms with Crippen molar-refractivity contribution in [3.05, 3.63) is 11.6 Å². The highest BCUT2D eigenvalue weighted by molar-refractivity contribution is 5.68. The normalized spacial score (nSPS) is 25.3. The van der Waals surface area contributed by atoms with Crippen LogP contribution < -0.4 is 0 Å². The maximum atomic E-state index is 12.0. The molecule has 2 unspecified atom stereocenters. The molecule has 0 spiro atoms. The summed E-state index contributed by atoms with van der Waals surface area (Å²) in [6.07, 6.45) is 6.88. The minimum atomic E-state index is -0.459. The minimum Gasteiger partial charge on any atom is -0.444 e. The molecule has 1 amide bonds. The number of hydrogen-bond acceptors (Lipinski definition) is 3. The van der Waals surface area contributed by atoms with E-state index in [4.69, 9.17) is 4.74 Å². The van der Waals surface area contributed by atoms with E-state index in [1.165, 1.54) is 18.4 Å². The molecule has 0 radical (unpaired) electrons. The number of aliphatic hydroxyl groups excluding tert-OH is 1. The van der Waals surface area contributed by atoms with Gasteiger partial charge in [-0.15, -0.1) is 0 Å². The Hall–Kier alpha value is -1.03. The SMILES string of the molecule is CC(C)(C)OC(=O)N1CCC(C(O)C2=CCCCC2)C1. The van der Waals surface area contributed by atoms with Crippen LogP contribution in [0, 0.1) is 5.92 Å². The molecule has 1 saturated heterocycles. The van der Waals surface area contributed by atoms with Gasteiger partial charge in [0.15, 0.2) is 0 Å². The Morgan fingerprint density at radius 2 is 2.20 bits per heavy atom. The molecule has 2 rings (SSSR count). The smallest absolute Gasteiger partial charge is 0.410 e. The molecule has 1 heterocycles. The van der Waals surface area contributed by atoms with Crippen LogP contribution in [-0.4, -0.2) is 40.9 Å². The van der Waals surface area contributed by atoms with Crippen molar-refractivity contribution in [3.63, 3.8) is 0 Å². The number of amides is 1. The third-order valence-corrected chi connectivity index (χ3v) is 4.03. The van der Waals surface area contributed by atoms with Crippen LogP contribution >= 0.6 is 0 Å². The first kappa shape index (κ1) is 15.4. The van der Waals surface area contributed by atoms with Crippen LogP contribution in [0.2, 0.25) is 0 Å². The lowest BCUT2D eigenvalue weighted by Gasteiger charge is -2.26. The Balaban J connectivity index is 1.88. The largest absolute Gasteiger partial charge is 0.444 e. The van der Waals surface area contributed by atoms with Gasteiger partial charge in [0.2, 0.25) is 0 Å². The monoisotopic (exact) mass is 281 g/mol. The highest BCUT2D eigenvalue weighted by Crippen LogP contribution is 2.29. The van der Waals surface area contributed by atoms with E-state index in [1.54, 1.807) is 4.90 Å². The Labute approximate surface area is 121 Å². The molecule has 1 N–H and O–H groups in total. The zero-order valence-corrected chi connectivity index (χ0v) is 12.9. The van der Waals surface area contributed by atoms with Crippen molar-refractivity contribution < 1.29 is 14.6 Å². The Morgan fingerprint density at radius 1 is 1.45 bits per heavy atom. The number of allylic oxidation sites excluding steroid dienone is 1. The molecule has 0 bridgehead atoms. The van der Waals surface area contributed by atoms with Crippen molar-refractivity contribution >= 4 is 6.09 Å². The average Bonchev–Trinajstić information content (AvgIpc) is 2.86. The molecule has 4 nitrogen and oxygen atoms in total. The van der Waals surface area contributed by atoms with Gasteiger partial charge in [-0.3, -0.25) is 0 Å². The van der Waals surface area contributed by atoms with Gasteiger partial charge >= 0.3 is 6.09 Å². The van der Waals surface area contributed by atoms with Gasteiger partial charge in [-0.1, -0.05) is 6.08 Å². The third kappa shape index (κ3) is 3.98. The number of likely N-dealkylation sites (tertiary alicyclic amines) is 1. The molecule has 1 aliphatic carbocycles. The van der Waals surface area contributed by atoms with Crippen molar-refractivity contribution in [1.82, 2.24) is 4.90 Å². The number of hydrogen-bond donors (Lipinski definition) is 1. The molecular weight excluding hydrogens is 254 g/mol. The molecule has 1 aliphatic heterocycles. The number of carbonyl (C=O) groups excluding carboxylic acids is 1. The fourth-order valence-electron chi connectivity index (χ4n) is 2.97. The molecule has 1 fully saturated rings. The van der Waals surface area contributed by atoms with Crippen LogP contribution in [-0.2, 0) is 4.74 Å². The lowest BCUT2D eigenvalue weighted by atomic mass is 9.88. The second kappa shape index (κ2) is 6.17. The number of aliphatic hydroxyl groups is 1. The minimum absolute atomic E-state index is 0.159. The van der Waals surface area contributed by atoms with Crippen LogP contribution in [0.15, 0.2) is 11.6 Å².